The van der Waals surface area contributed by atoms with Gasteiger partial charge in [-0.2, -0.15) is 13.2 Å². The average Bonchev–Trinajstić information content (AvgIpc) is 3.44. The molecule has 3 aromatic heterocycles. The number of rotatable bonds is 4. The largest absolute Gasteiger partial charge is 0.503 e. The third-order valence-electron chi connectivity index (χ3n) is 7.08. The van der Waals surface area contributed by atoms with Crippen molar-refractivity contribution in [2.45, 2.75) is 64.7 Å². The van der Waals surface area contributed by atoms with Crippen molar-refractivity contribution < 1.29 is 33.0 Å². The van der Waals surface area contributed by atoms with Crippen LogP contribution in [0.15, 0.2) is 24.5 Å². The summed E-state index contributed by atoms with van der Waals surface area (Å²) in [5.41, 5.74) is 2.87. The molecule has 12 heteroatoms. The second-order valence-corrected chi connectivity index (χ2v) is 10.8. The quantitative estimate of drug-likeness (QED) is 0.429. The van der Waals surface area contributed by atoms with Crippen molar-refractivity contribution in [3.63, 3.8) is 0 Å². The number of nitrogens with zero attached hydrogens (tertiary/aromatic N) is 4. The summed E-state index contributed by atoms with van der Waals surface area (Å²) in [6.45, 7) is 3.68. The van der Waals surface area contributed by atoms with Crippen LogP contribution in [0.2, 0.25) is 0 Å². The highest BCUT2D eigenvalue weighted by molar-refractivity contribution is 7.11. The molecular weight excluding hydrogens is 509 g/mol. The summed E-state index contributed by atoms with van der Waals surface area (Å²) < 4.78 is 41.1. The van der Waals surface area contributed by atoms with E-state index in [4.69, 9.17) is 15.0 Å². The van der Waals surface area contributed by atoms with Gasteiger partial charge in [-0.25, -0.2) is 14.8 Å². The van der Waals surface area contributed by atoms with E-state index in [-0.39, 0.29) is 12.5 Å². The van der Waals surface area contributed by atoms with Gasteiger partial charge in [-0.3, -0.25) is 4.79 Å². The number of halogens is 3. The van der Waals surface area contributed by atoms with Crippen LogP contribution in [0, 0.1) is 11.8 Å². The number of carboxylic acid groups (broad SMARTS) is 2. The third-order valence-corrected chi connectivity index (χ3v) is 8.10. The molecule has 0 saturated heterocycles. The molecule has 0 atom stereocenters. The Morgan fingerprint density at radius 1 is 1.16 bits per heavy atom. The number of aromatic nitrogens is 3. The Kier molecular flexibility index (Phi) is 8.05. The van der Waals surface area contributed by atoms with Crippen LogP contribution >= 0.6 is 11.3 Å². The number of pyridine rings is 1. The van der Waals surface area contributed by atoms with Gasteiger partial charge in [0.15, 0.2) is 5.01 Å². The molecule has 4 heterocycles. The van der Waals surface area contributed by atoms with Crippen molar-refractivity contribution in [1.29, 1.82) is 0 Å². The molecular formula is C25H29F3N4O4S. The fourth-order valence-corrected chi connectivity index (χ4v) is 5.99. The zero-order valence-electron chi connectivity index (χ0n) is 20.4. The lowest BCUT2D eigenvalue weighted by Crippen LogP contribution is -2.37. The lowest BCUT2D eigenvalue weighted by atomic mass is 9.81. The first-order valence-electron chi connectivity index (χ1n) is 12.2. The van der Waals surface area contributed by atoms with Gasteiger partial charge in [-0.05, 0) is 48.8 Å². The van der Waals surface area contributed by atoms with Gasteiger partial charge >= 0.3 is 12.3 Å². The van der Waals surface area contributed by atoms with Gasteiger partial charge in [0.25, 0.3) is 0 Å². The average molecular weight is 539 g/mol. The summed E-state index contributed by atoms with van der Waals surface area (Å²) in [6.07, 6.45) is 2.65. The van der Waals surface area contributed by atoms with Crippen LogP contribution in [-0.4, -0.2) is 48.3 Å². The lowest BCUT2D eigenvalue weighted by molar-refractivity contribution is -0.137. The van der Waals surface area contributed by atoms with Crippen LogP contribution in [-0.2, 0) is 30.5 Å². The molecule has 200 valence electrons. The maximum absolute atomic E-state index is 13.1. The summed E-state index contributed by atoms with van der Waals surface area (Å²) in [5, 5.41) is 14.1. The number of fused-ring (bicyclic) bond motifs is 3. The van der Waals surface area contributed by atoms with E-state index in [1.807, 2.05) is 21.6 Å². The summed E-state index contributed by atoms with van der Waals surface area (Å²) >= 11 is 0.663. The first-order valence-corrected chi connectivity index (χ1v) is 13.0. The van der Waals surface area contributed by atoms with Crippen molar-refractivity contribution in [1.82, 2.24) is 19.4 Å². The summed E-state index contributed by atoms with van der Waals surface area (Å²) in [4.78, 5) is 32.2. The maximum Gasteiger partial charge on any atom is 0.503 e. The Labute approximate surface area is 215 Å². The minimum atomic E-state index is -4.44. The normalized spacial score (nSPS) is 19.7. The zero-order valence-corrected chi connectivity index (χ0v) is 21.2. The smallest absolute Gasteiger partial charge is 0.450 e. The highest BCUT2D eigenvalue weighted by Gasteiger charge is 2.35. The SMILES string of the molecule is C[C@H]1CC[C@H](CC(=O)N2CCc3c(n(Cc4cnc(C(F)(F)F)s4)c4ncccc34)C2)CC1.O=C(O)O. The molecule has 1 aliphatic heterocycles. The molecule has 1 aliphatic carbocycles. The van der Waals surface area contributed by atoms with E-state index in [1.54, 1.807) is 6.20 Å². The van der Waals surface area contributed by atoms with Crippen LogP contribution in [0.3, 0.4) is 0 Å². The van der Waals surface area contributed by atoms with Gasteiger partial charge in [0.05, 0.1) is 13.1 Å². The molecule has 1 fully saturated rings. The van der Waals surface area contributed by atoms with Gasteiger partial charge in [-0.1, -0.05) is 19.8 Å². The number of hydrogen-bond acceptors (Lipinski definition) is 5. The predicted molar refractivity (Wildman–Crippen MR) is 131 cm³/mol. The molecule has 2 N–H and O–H groups in total. The Hall–Kier alpha value is -3.15. The van der Waals surface area contributed by atoms with Crippen LogP contribution < -0.4 is 0 Å². The highest BCUT2D eigenvalue weighted by atomic mass is 32.1. The van der Waals surface area contributed by atoms with Gasteiger partial charge in [0.1, 0.15) is 5.65 Å². The number of thiazole rings is 1. The molecule has 5 rings (SSSR count). The number of alkyl halides is 3. The first-order chi connectivity index (χ1) is 17.5. The molecule has 0 aromatic carbocycles. The van der Waals surface area contributed by atoms with Crippen LogP contribution in [0.4, 0.5) is 18.0 Å². The molecule has 3 aromatic rings. The highest BCUT2D eigenvalue weighted by Crippen LogP contribution is 2.36. The number of hydrogen-bond donors (Lipinski definition) is 2. The molecule has 8 nitrogen and oxygen atoms in total. The molecule has 0 bridgehead atoms. The Bertz CT molecular complexity index is 1260. The molecule has 0 radical (unpaired) electrons. The third kappa shape index (κ3) is 6.41. The monoisotopic (exact) mass is 538 g/mol. The maximum atomic E-state index is 13.1. The van der Waals surface area contributed by atoms with Crippen molar-refractivity contribution in [2.75, 3.05) is 6.54 Å². The molecule has 2 aliphatic rings. The predicted octanol–water partition coefficient (Wildman–Crippen LogP) is 5.88. The first kappa shape index (κ1) is 26.9. The van der Waals surface area contributed by atoms with E-state index in [1.165, 1.54) is 19.0 Å². The van der Waals surface area contributed by atoms with E-state index in [0.29, 0.717) is 41.6 Å². The molecule has 0 unspecified atom stereocenters. The molecule has 1 amide bonds. The standard InChI is InChI=1S/C24H27F3N4OS.CH2O3/c1-15-4-6-16(7-5-15)11-21(32)30-10-8-18-19-3-2-9-28-22(19)31(20(18)14-30)13-17-12-29-23(33-17)24(25,26)27;2-1(3)4/h2-3,9,12,15-16H,4-8,10-11,13-14H2,1H3;(H2,2,3,4)/t15-,16-;. The minimum absolute atomic E-state index is 0.183. The number of carbonyl (C=O) groups excluding carboxylic acids is 1. The molecule has 1 saturated carbocycles. The Morgan fingerprint density at radius 2 is 1.86 bits per heavy atom. The van der Waals surface area contributed by atoms with Crippen molar-refractivity contribution >= 4 is 34.4 Å². The van der Waals surface area contributed by atoms with Crippen LogP contribution in [0.5, 0.6) is 0 Å². The topological polar surface area (TPSA) is 109 Å². The molecule has 37 heavy (non-hydrogen) atoms. The van der Waals surface area contributed by atoms with E-state index in [9.17, 15) is 18.0 Å². The van der Waals surface area contributed by atoms with Crippen molar-refractivity contribution in [3.8, 4) is 0 Å². The van der Waals surface area contributed by atoms with Crippen LogP contribution in [0.1, 0.15) is 60.2 Å². The number of carbonyl (C=O) groups is 2. The van der Waals surface area contributed by atoms with Gasteiger partial charge in [-0.15, -0.1) is 11.3 Å². The zero-order chi connectivity index (χ0) is 26.7. The van der Waals surface area contributed by atoms with E-state index < -0.39 is 17.3 Å². The summed E-state index contributed by atoms with van der Waals surface area (Å²) in [5.74, 6) is 1.39. The fraction of sp³-hybridized carbons (Fsp3) is 0.520. The van der Waals surface area contributed by atoms with Crippen molar-refractivity contribution in [2.24, 2.45) is 11.8 Å². The van der Waals surface area contributed by atoms with E-state index in [0.717, 1.165) is 47.5 Å². The Morgan fingerprint density at radius 3 is 2.51 bits per heavy atom. The van der Waals surface area contributed by atoms with Gasteiger partial charge in [0.2, 0.25) is 5.91 Å². The van der Waals surface area contributed by atoms with Crippen LogP contribution in [0.25, 0.3) is 11.0 Å². The van der Waals surface area contributed by atoms with E-state index >= 15 is 0 Å². The van der Waals surface area contributed by atoms with Gasteiger partial charge in [0, 0.05) is 41.3 Å². The van der Waals surface area contributed by atoms with Gasteiger partial charge < -0.3 is 19.7 Å². The molecule has 0 spiro atoms. The summed E-state index contributed by atoms with van der Waals surface area (Å²) in [7, 11) is 0. The number of amides is 1. The second kappa shape index (κ2) is 11.1. The lowest BCUT2D eigenvalue weighted by Gasteiger charge is -2.31. The fourth-order valence-electron chi connectivity index (χ4n) is 5.22. The summed E-state index contributed by atoms with van der Waals surface area (Å²) in [6, 6.07) is 3.88. The van der Waals surface area contributed by atoms with Crippen molar-refractivity contribution in [3.05, 3.63) is 45.7 Å². The minimum Gasteiger partial charge on any atom is -0.450 e. The Balaban J connectivity index is 0.000000747. The van der Waals surface area contributed by atoms with E-state index in [2.05, 4.69) is 16.9 Å². The second-order valence-electron chi connectivity index (χ2n) is 9.69.